The number of nitrogens with one attached hydrogen (secondary N) is 1. The lowest BCUT2D eigenvalue weighted by Crippen LogP contribution is -2.28. The largest absolute Gasteiger partial charge is 0.373 e. The highest BCUT2D eigenvalue weighted by molar-refractivity contribution is 8.00. The maximum atomic E-state index is 4.69. The van der Waals surface area contributed by atoms with Gasteiger partial charge in [-0.3, -0.25) is 4.98 Å². The molecule has 2 heterocycles. The SMILES string of the molecule is CN(C)CCN(C)c1cc2c(c3ncccc13)NSc1ccccc1-2. The maximum absolute atomic E-state index is 4.69. The third-order valence-corrected chi connectivity index (χ3v) is 5.49. The van der Waals surface area contributed by atoms with Gasteiger partial charge >= 0.3 is 0 Å². The van der Waals surface area contributed by atoms with Gasteiger partial charge in [0.1, 0.15) is 0 Å². The first-order chi connectivity index (χ1) is 12.1. The van der Waals surface area contributed by atoms with Crippen LogP contribution in [-0.4, -0.2) is 44.1 Å². The lowest BCUT2D eigenvalue weighted by molar-refractivity contribution is 0.416. The van der Waals surface area contributed by atoms with Gasteiger partial charge in [0, 0.05) is 47.9 Å². The molecule has 128 valence electrons. The molecule has 4 nitrogen and oxygen atoms in total. The number of nitrogens with zero attached hydrogens (tertiary/aromatic N) is 3. The Kier molecular flexibility index (Phi) is 4.27. The van der Waals surface area contributed by atoms with Crippen LogP contribution in [0.5, 0.6) is 0 Å². The summed E-state index contributed by atoms with van der Waals surface area (Å²) in [5, 5.41) is 1.19. The van der Waals surface area contributed by atoms with E-state index in [0.717, 1.165) is 24.3 Å². The summed E-state index contributed by atoms with van der Waals surface area (Å²) in [7, 11) is 6.38. The van der Waals surface area contributed by atoms with E-state index in [4.69, 9.17) is 4.98 Å². The van der Waals surface area contributed by atoms with E-state index in [1.807, 2.05) is 12.3 Å². The molecule has 4 rings (SSSR count). The van der Waals surface area contributed by atoms with Crippen LogP contribution >= 0.6 is 11.9 Å². The minimum atomic E-state index is 0.972. The molecule has 2 aromatic carbocycles. The van der Waals surface area contributed by atoms with Crippen molar-refractivity contribution in [2.24, 2.45) is 0 Å². The van der Waals surface area contributed by atoms with Crippen molar-refractivity contribution < 1.29 is 0 Å². The quantitative estimate of drug-likeness (QED) is 0.708. The number of pyridine rings is 1. The highest BCUT2D eigenvalue weighted by Gasteiger charge is 2.22. The van der Waals surface area contributed by atoms with Crippen molar-refractivity contribution in [3.8, 4) is 11.1 Å². The Balaban J connectivity index is 1.90. The first-order valence-corrected chi connectivity index (χ1v) is 9.26. The van der Waals surface area contributed by atoms with Crippen LogP contribution < -0.4 is 9.62 Å². The summed E-state index contributed by atoms with van der Waals surface area (Å²) in [6, 6.07) is 15.0. The predicted octanol–water partition coefficient (Wildman–Crippen LogP) is 4.33. The molecule has 0 aliphatic carbocycles. The molecule has 1 N–H and O–H groups in total. The molecule has 1 aliphatic rings. The summed E-state index contributed by atoms with van der Waals surface area (Å²) in [5.41, 5.74) is 5.88. The van der Waals surface area contributed by atoms with Gasteiger partial charge in [-0.15, -0.1) is 0 Å². The van der Waals surface area contributed by atoms with E-state index in [1.165, 1.54) is 27.1 Å². The maximum Gasteiger partial charge on any atom is 0.0968 e. The molecule has 0 bridgehead atoms. The molecule has 0 radical (unpaired) electrons. The normalized spacial score (nSPS) is 12.6. The van der Waals surface area contributed by atoms with Crippen LogP contribution in [0, 0.1) is 0 Å². The zero-order valence-electron chi connectivity index (χ0n) is 14.8. The second kappa shape index (κ2) is 6.58. The molecule has 3 aromatic rings. The van der Waals surface area contributed by atoms with E-state index < -0.39 is 0 Å². The summed E-state index contributed by atoms with van der Waals surface area (Å²) in [4.78, 5) is 10.5. The molecule has 0 fully saturated rings. The van der Waals surface area contributed by atoms with Gasteiger partial charge in [-0.05, 0) is 55.9 Å². The van der Waals surface area contributed by atoms with E-state index in [9.17, 15) is 0 Å². The summed E-state index contributed by atoms with van der Waals surface area (Å²) in [6.45, 7) is 1.99. The summed E-state index contributed by atoms with van der Waals surface area (Å²) in [6.07, 6.45) is 1.87. The highest BCUT2D eigenvalue weighted by Crippen LogP contribution is 2.47. The number of benzene rings is 2. The van der Waals surface area contributed by atoms with Crippen molar-refractivity contribution in [2.75, 3.05) is 43.9 Å². The zero-order valence-corrected chi connectivity index (χ0v) is 15.6. The summed E-state index contributed by atoms with van der Waals surface area (Å²) < 4.78 is 3.51. The lowest BCUT2D eigenvalue weighted by atomic mass is 9.99. The van der Waals surface area contributed by atoms with Crippen molar-refractivity contribution in [3.05, 3.63) is 48.7 Å². The number of rotatable bonds is 4. The van der Waals surface area contributed by atoms with Crippen molar-refractivity contribution in [2.45, 2.75) is 4.90 Å². The second-order valence-electron chi connectivity index (χ2n) is 6.64. The fraction of sp³-hybridized carbons (Fsp3) is 0.250. The van der Waals surface area contributed by atoms with Crippen LogP contribution in [0.2, 0.25) is 0 Å². The van der Waals surface area contributed by atoms with Crippen LogP contribution in [0.3, 0.4) is 0 Å². The fourth-order valence-electron chi connectivity index (χ4n) is 3.21. The van der Waals surface area contributed by atoms with E-state index in [-0.39, 0.29) is 0 Å². The molecule has 0 spiro atoms. The zero-order chi connectivity index (χ0) is 17.4. The minimum absolute atomic E-state index is 0.972. The molecule has 5 heteroatoms. The lowest BCUT2D eigenvalue weighted by Gasteiger charge is -2.27. The third kappa shape index (κ3) is 2.94. The molecular weight excluding hydrogens is 328 g/mol. The number of aromatic nitrogens is 1. The van der Waals surface area contributed by atoms with E-state index >= 15 is 0 Å². The van der Waals surface area contributed by atoms with Crippen LogP contribution in [0.4, 0.5) is 11.4 Å². The van der Waals surface area contributed by atoms with Crippen LogP contribution in [0.25, 0.3) is 22.0 Å². The molecule has 0 unspecified atom stereocenters. The number of anilines is 2. The van der Waals surface area contributed by atoms with Crippen molar-refractivity contribution in [1.82, 2.24) is 9.88 Å². The van der Waals surface area contributed by atoms with E-state index in [2.05, 4.69) is 72.1 Å². The Morgan fingerprint density at radius 2 is 1.84 bits per heavy atom. The number of fused-ring (bicyclic) bond motifs is 5. The topological polar surface area (TPSA) is 31.4 Å². The molecule has 0 saturated heterocycles. The average molecular weight is 350 g/mol. The predicted molar refractivity (Wildman–Crippen MR) is 108 cm³/mol. The molecule has 1 aliphatic heterocycles. The van der Waals surface area contributed by atoms with Gasteiger partial charge in [0.15, 0.2) is 0 Å². The van der Waals surface area contributed by atoms with Crippen LogP contribution in [0.1, 0.15) is 0 Å². The Bertz CT molecular complexity index is 923. The van der Waals surface area contributed by atoms with Gasteiger partial charge in [-0.1, -0.05) is 18.2 Å². The molecule has 25 heavy (non-hydrogen) atoms. The third-order valence-electron chi connectivity index (χ3n) is 4.61. The van der Waals surface area contributed by atoms with Gasteiger partial charge in [0.25, 0.3) is 0 Å². The van der Waals surface area contributed by atoms with Gasteiger partial charge in [-0.2, -0.15) is 0 Å². The Morgan fingerprint density at radius 3 is 2.68 bits per heavy atom. The first-order valence-electron chi connectivity index (χ1n) is 8.45. The molecule has 0 amide bonds. The van der Waals surface area contributed by atoms with Crippen LogP contribution in [-0.2, 0) is 0 Å². The molecule has 1 aromatic heterocycles. The molecular formula is C20H22N4S. The molecule has 0 atom stereocenters. The van der Waals surface area contributed by atoms with E-state index in [0.29, 0.717) is 0 Å². The smallest absolute Gasteiger partial charge is 0.0968 e. The summed E-state index contributed by atoms with van der Waals surface area (Å²) >= 11 is 1.66. The Labute approximate surface area is 153 Å². The van der Waals surface area contributed by atoms with Crippen LogP contribution in [0.15, 0.2) is 53.6 Å². The number of likely N-dealkylation sites (N-methyl/N-ethyl adjacent to an activating group) is 2. The van der Waals surface area contributed by atoms with Crippen molar-refractivity contribution in [3.63, 3.8) is 0 Å². The average Bonchev–Trinajstić information content (AvgIpc) is 2.65. The number of hydrogen-bond donors (Lipinski definition) is 1. The van der Waals surface area contributed by atoms with Gasteiger partial charge < -0.3 is 14.5 Å². The van der Waals surface area contributed by atoms with Crippen molar-refractivity contribution in [1.29, 1.82) is 0 Å². The van der Waals surface area contributed by atoms with Gasteiger partial charge in [0.2, 0.25) is 0 Å². The highest BCUT2D eigenvalue weighted by atomic mass is 32.2. The van der Waals surface area contributed by atoms with Gasteiger partial charge in [0.05, 0.1) is 11.2 Å². The number of hydrogen-bond acceptors (Lipinski definition) is 5. The first kappa shape index (κ1) is 16.2. The Morgan fingerprint density at radius 1 is 1.00 bits per heavy atom. The Hall–Kier alpha value is -2.24. The minimum Gasteiger partial charge on any atom is -0.373 e. The second-order valence-corrected chi connectivity index (χ2v) is 7.49. The fourth-order valence-corrected chi connectivity index (χ4v) is 4.06. The standard InChI is InChI=1S/C20H22N4S/c1-23(2)11-12-24(3)17-13-16-14-7-4-5-9-18(14)25-22-20(16)19-15(17)8-6-10-21-19/h4-10,13,22H,11-12H2,1-3H3. The summed E-state index contributed by atoms with van der Waals surface area (Å²) in [5.74, 6) is 0. The van der Waals surface area contributed by atoms with E-state index in [1.54, 1.807) is 11.9 Å². The van der Waals surface area contributed by atoms with Crippen molar-refractivity contribution >= 4 is 34.2 Å². The monoisotopic (exact) mass is 350 g/mol. The van der Waals surface area contributed by atoms with Gasteiger partial charge in [-0.25, -0.2) is 0 Å². The molecule has 0 saturated carbocycles.